The number of ether oxygens (including phenoxy) is 3. The summed E-state index contributed by atoms with van der Waals surface area (Å²) >= 11 is 0. The van der Waals surface area contributed by atoms with Crippen molar-refractivity contribution < 1.29 is 47.5 Å². The molecule has 4 bridgehead atoms. The Labute approximate surface area is 241 Å². The van der Waals surface area contributed by atoms with Crippen LogP contribution in [0, 0.1) is 10.8 Å². The summed E-state index contributed by atoms with van der Waals surface area (Å²) in [5.74, 6) is -0.173. The lowest BCUT2D eigenvalue weighted by Gasteiger charge is -2.69. The highest BCUT2D eigenvalue weighted by atomic mass is 16.7. The normalized spacial score (nSPS) is 30.6. The first-order chi connectivity index (χ1) is 19.2. The van der Waals surface area contributed by atoms with Crippen molar-refractivity contribution in [3.63, 3.8) is 0 Å². The van der Waals surface area contributed by atoms with Crippen LogP contribution >= 0.6 is 0 Å². The van der Waals surface area contributed by atoms with E-state index < -0.39 is 23.4 Å². The number of alkyl carbamates (subject to hydrolysis) is 2. The lowest BCUT2D eigenvalue weighted by atomic mass is 9.39. The van der Waals surface area contributed by atoms with Gasteiger partial charge in [-0.15, -0.1) is 0 Å². The van der Waals surface area contributed by atoms with Crippen molar-refractivity contribution in [2.45, 2.75) is 102 Å². The molecule has 234 valence electrons. The summed E-state index contributed by atoms with van der Waals surface area (Å²) in [6.45, 7) is 11.0. The fraction of sp³-hybridized carbons (Fsp3) is 0.852. The molecule has 13 nitrogen and oxygen atoms in total. The van der Waals surface area contributed by atoms with Crippen LogP contribution in [0.4, 0.5) is 9.59 Å². The largest absolute Gasteiger partial charge is 0.469 e. The number of carbonyl (C=O) groups excluding carboxylic acids is 4. The second kappa shape index (κ2) is 11.7. The van der Waals surface area contributed by atoms with E-state index >= 15 is 0 Å². The third-order valence-electron chi connectivity index (χ3n) is 7.43. The molecule has 0 atom stereocenters. The Morgan fingerprint density at radius 3 is 1.38 bits per heavy atom. The molecule has 0 aliphatic heterocycles. The van der Waals surface area contributed by atoms with Crippen LogP contribution in [0.25, 0.3) is 0 Å². The Balaban J connectivity index is 0.000000683. The molecule has 6 rings (SSSR count). The van der Waals surface area contributed by atoms with Gasteiger partial charge in [-0.05, 0) is 80.1 Å². The summed E-state index contributed by atoms with van der Waals surface area (Å²) in [5, 5.41) is 6.99. The second-order valence-corrected chi connectivity index (χ2v) is 13.3. The molecule has 0 radical (unpaired) electrons. The fourth-order valence-corrected chi connectivity index (χ4v) is 5.96. The molecule has 0 unspecified atom stereocenters. The molecule has 0 heterocycles. The summed E-state index contributed by atoms with van der Waals surface area (Å²) in [7, 11) is 7.76. The number of methoxy groups -OCH3 is 1. The average molecular weight is 580 g/mol. The van der Waals surface area contributed by atoms with Gasteiger partial charge in [0.15, 0.2) is 0 Å². The van der Waals surface area contributed by atoms with Gasteiger partial charge in [-0.3, -0.25) is 14.4 Å². The molecule has 6 aliphatic rings. The topological polar surface area (TPSA) is 154 Å². The van der Waals surface area contributed by atoms with E-state index in [-0.39, 0.29) is 35.2 Å². The molecule has 6 aliphatic carbocycles. The number of hydroxylamine groups is 3. The molecule has 0 spiro atoms. The maximum atomic E-state index is 12.0. The van der Waals surface area contributed by atoms with Gasteiger partial charge < -0.3 is 29.7 Å². The van der Waals surface area contributed by atoms with Gasteiger partial charge in [0.05, 0.1) is 32.2 Å². The average Bonchev–Trinajstić information content (AvgIpc) is 2.80. The summed E-state index contributed by atoms with van der Waals surface area (Å²) in [5.41, 5.74) is 0.303. The summed E-state index contributed by atoms with van der Waals surface area (Å²) in [6, 6.07) is 0. The fourth-order valence-electron chi connectivity index (χ4n) is 5.96. The van der Waals surface area contributed by atoms with Gasteiger partial charge in [-0.25, -0.2) is 20.1 Å². The Bertz CT molecular complexity index is 944. The van der Waals surface area contributed by atoms with E-state index in [9.17, 15) is 19.2 Å². The molecule has 40 heavy (non-hydrogen) atoms. The van der Waals surface area contributed by atoms with Crippen molar-refractivity contribution in [1.29, 1.82) is 0 Å². The van der Waals surface area contributed by atoms with E-state index in [1.165, 1.54) is 19.3 Å². The van der Waals surface area contributed by atoms with Gasteiger partial charge in [0.2, 0.25) is 0 Å². The van der Waals surface area contributed by atoms with Crippen molar-refractivity contribution in [3.05, 3.63) is 0 Å². The molecule has 0 aromatic rings. The van der Waals surface area contributed by atoms with Crippen LogP contribution in [-0.4, -0.2) is 86.8 Å². The summed E-state index contributed by atoms with van der Waals surface area (Å²) in [4.78, 5) is 56.0. The van der Waals surface area contributed by atoms with Crippen LogP contribution < -0.4 is 16.1 Å². The van der Waals surface area contributed by atoms with Crippen molar-refractivity contribution in [1.82, 2.24) is 21.2 Å². The van der Waals surface area contributed by atoms with Crippen LogP contribution in [0.5, 0.6) is 0 Å². The summed E-state index contributed by atoms with van der Waals surface area (Å²) < 4.78 is 25.2. The van der Waals surface area contributed by atoms with Crippen LogP contribution in [0.15, 0.2) is 0 Å². The number of carbonyl (C=O) groups is 4. The van der Waals surface area contributed by atoms with Crippen LogP contribution in [0.2, 0.25) is 0 Å². The minimum absolute atomic E-state index is 0. The molecule has 13 heteroatoms. The molecule has 0 saturated heterocycles. The van der Waals surface area contributed by atoms with Gasteiger partial charge in [-0.2, -0.15) is 0 Å². The minimum atomic E-state index is -0.503. The molecule has 0 aromatic carbocycles. The first-order valence-corrected chi connectivity index (χ1v) is 13.4. The van der Waals surface area contributed by atoms with Gasteiger partial charge in [0.25, 0.3) is 5.91 Å². The first kappa shape index (κ1) is 31.9. The highest BCUT2D eigenvalue weighted by Crippen LogP contribution is 2.68. The highest BCUT2D eigenvalue weighted by molar-refractivity contribution is 5.87. The van der Waals surface area contributed by atoms with E-state index in [1.54, 1.807) is 21.2 Å². The molecule has 3 N–H and O–H groups in total. The number of hydrogen-bond acceptors (Lipinski definition) is 10. The standard InChI is InChI=1S/C13H22N2O4.C12H19NO4.C2H7NO.2H2/c1-11(2,3)19-10(17)14-13-6-12(7-13,8-13)9(16)15(4)18-5;1-10(2,3)17-9(15)13-12-5-11(6-12,7-12)8(14)16-4;1-3-4-2;;/h6-8H2,1-5H3,(H,14,17);5-7H2,1-4H3,(H,13,15);3H,1-2H3;2*1H/i;;;1+1D;1+1. The van der Waals surface area contributed by atoms with Gasteiger partial charge in [0.1, 0.15) is 11.2 Å². The van der Waals surface area contributed by atoms with Crippen molar-refractivity contribution in [2.75, 3.05) is 35.4 Å². The van der Waals surface area contributed by atoms with Gasteiger partial charge in [0, 0.05) is 29.6 Å². The molecular weight excluding hydrogens is 524 g/mol. The lowest BCUT2D eigenvalue weighted by Crippen LogP contribution is -2.78. The second-order valence-electron chi connectivity index (χ2n) is 13.3. The Kier molecular flexibility index (Phi) is 9.32. The van der Waals surface area contributed by atoms with Crippen molar-refractivity contribution in [2.24, 2.45) is 10.8 Å². The van der Waals surface area contributed by atoms with E-state index in [4.69, 9.17) is 22.0 Å². The summed E-state index contributed by atoms with van der Waals surface area (Å²) in [6.07, 6.45) is 3.22. The van der Waals surface area contributed by atoms with Crippen molar-refractivity contribution in [3.8, 4) is 0 Å². The third-order valence-corrected chi connectivity index (χ3v) is 7.43. The smallest absolute Gasteiger partial charge is 0.408 e. The first-order valence-electron chi connectivity index (χ1n) is 14.4. The third kappa shape index (κ3) is 7.55. The monoisotopic (exact) mass is 579 g/mol. The maximum Gasteiger partial charge on any atom is 0.408 e. The van der Waals surface area contributed by atoms with Crippen LogP contribution in [-0.2, 0) is 33.5 Å². The number of rotatable bonds is 6. The molecule has 0 aromatic heterocycles. The van der Waals surface area contributed by atoms with E-state index in [1.807, 2.05) is 41.5 Å². The van der Waals surface area contributed by atoms with E-state index in [0.29, 0.717) is 38.5 Å². The Morgan fingerprint density at radius 1 is 0.750 bits per heavy atom. The number of nitrogens with zero attached hydrogens (tertiary/aromatic N) is 1. The Hall–Kier alpha value is -2.64. The molecule has 3 amide bonds. The highest BCUT2D eigenvalue weighted by Gasteiger charge is 2.74. The number of esters is 1. The van der Waals surface area contributed by atoms with E-state index in [2.05, 4.69) is 21.0 Å². The zero-order chi connectivity index (χ0) is 32.8. The molecule has 6 saturated carbocycles. The number of hydrogen-bond donors (Lipinski definition) is 3. The predicted octanol–water partition coefficient (Wildman–Crippen LogP) is 3.32. The molecular formula is C27H52N4O9. The predicted molar refractivity (Wildman–Crippen MR) is 149 cm³/mol. The van der Waals surface area contributed by atoms with Crippen LogP contribution in [0.3, 0.4) is 0 Å². The molecule has 6 fully saturated rings. The van der Waals surface area contributed by atoms with Gasteiger partial charge >= 0.3 is 18.2 Å². The van der Waals surface area contributed by atoms with Crippen LogP contribution in [0.1, 0.15) is 84.5 Å². The van der Waals surface area contributed by atoms with Gasteiger partial charge in [-0.1, -0.05) is 0 Å². The SMILES string of the molecule is CNOC.COC(=O)C12CC(NC(=O)OC(C)(C)C)(C1)C2.CON(C)C(=O)C12CC(NC(=O)OC(C)(C)C)(C1)C2.[2HH].[2H][2H]. The quantitative estimate of drug-likeness (QED) is 0.243. The maximum absolute atomic E-state index is 12.0. The zero-order valence-corrected chi connectivity index (χ0v) is 25.9. The number of amides is 3. The number of nitrogens with one attached hydrogen (secondary N) is 3. The van der Waals surface area contributed by atoms with Crippen molar-refractivity contribution >= 4 is 24.1 Å². The van der Waals surface area contributed by atoms with E-state index in [0.717, 1.165) is 0 Å². The lowest BCUT2D eigenvalue weighted by molar-refractivity contribution is -0.219. The Morgan fingerprint density at radius 2 is 1.10 bits per heavy atom. The zero-order valence-electron chi connectivity index (χ0n) is 27.9. The minimum Gasteiger partial charge on any atom is -0.469 e.